The smallest absolute Gasteiger partial charge is 0.218 e. The Kier molecular flexibility index (Phi) is 3.85. The van der Waals surface area contributed by atoms with Gasteiger partial charge in [-0.05, 0) is 11.5 Å². The second-order valence-corrected chi connectivity index (χ2v) is 3.19. The van der Waals surface area contributed by atoms with Crippen LogP contribution in [0, 0.1) is 0 Å². The van der Waals surface area contributed by atoms with E-state index < -0.39 is 0 Å². The number of nitrogens with one attached hydrogen (secondary N) is 1. The Morgan fingerprint density at radius 1 is 1.62 bits per heavy atom. The van der Waals surface area contributed by atoms with Gasteiger partial charge in [-0.15, -0.1) is 11.8 Å². The van der Waals surface area contributed by atoms with Gasteiger partial charge < -0.3 is 4.74 Å². The van der Waals surface area contributed by atoms with E-state index in [9.17, 15) is 4.79 Å². The molecular weight excluding hydrogens is 190 g/mol. The van der Waals surface area contributed by atoms with E-state index in [-0.39, 0.29) is 5.78 Å². The predicted octanol–water partition coefficient (Wildman–Crippen LogP) is 0.825. The van der Waals surface area contributed by atoms with Crippen molar-refractivity contribution in [2.24, 2.45) is 0 Å². The normalized spacial score (nSPS) is 20.0. The molecule has 0 unspecified atom stereocenters. The van der Waals surface area contributed by atoms with Crippen molar-refractivity contribution in [3.63, 3.8) is 0 Å². The van der Waals surface area contributed by atoms with Gasteiger partial charge in [-0.25, -0.2) is 5.48 Å². The zero-order valence-electron chi connectivity index (χ0n) is 7.49. The van der Waals surface area contributed by atoms with Crippen molar-refractivity contribution in [1.82, 2.24) is 5.48 Å². The Morgan fingerprint density at radius 3 is 2.92 bits per heavy atom. The average Bonchev–Trinajstić information content (AvgIpc) is 2.16. The van der Waals surface area contributed by atoms with E-state index in [4.69, 9.17) is 4.74 Å². The molecule has 13 heavy (non-hydrogen) atoms. The highest BCUT2D eigenvalue weighted by Gasteiger charge is 2.16. The van der Waals surface area contributed by atoms with Gasteiger partial charge in [-0.3, -0.25) is 9.63 Å². The highest BCUT2D eigenvalue weighted by molar-refractivity contribution is 8.02. The van der Waals surface area contributed by atoms with E-state index >= 15 is 0 Å². The summed E-state index contributed by atoms with van der Waals surface area (Å²) in [4.78, 5) is 16.0. The second kappa shape index (κ2) is 4.94. The van der Waals surface area contributed by atoms with E-state index in [0.29, 0.717) is 17.2 Å². The lowest BCUT2D eigenvalue weighted by Gasteiger charge is -2.13. The summed E-state index contributed by atoms with van der Waals surface area (Å²) in [6.07, 6.45) is 1.51. The first kappa shape index (κ1) is 10.1. The molecule has 0 amide bonds. The fraction of sp³-hybridized carbons (Fsp3) is 0.375. The minimum Gasteiger partial charge on any atom is -0.481 e. The van der Waals surface area contributed by atoms with Crippen molar-refractivity contribution in [1.29, 1.82) is 0 Å². The second-order valence-electron chi connectivity index (χ2n) is 2.30. The van der Waals surface area contributed by atoms with Crippen LogP contribution in [0.3, 0.4) is 0 Å². The van der Waals surface area contributed by atoms with Crippen molar-refractivity contribution in [2.45, 2.75) is 0 Å². The minimum absolute atomic E-state index is 0.0415. The van der Waals surface area contributed by atoms with Crippen LogP contribution in [0.25, 0.3) is 0 Å². The third-order valence-electron chi connectivity index (χ3n) is 1.51. The van der Waals surface area contributed by atoms with Gasteiger partial charge in [0.05, 0.1) is 19.8 Å². The molecule has 1 aliphatic rings. The monoisotopic (exact) mass is 201 g/mol. The zero-order valence-corrected chi connectivity index (χ0v) is 8.31. The number of carbonyl (C=O) groups is 1. The van der Waals surface area contributed by atoms with Crippen LogP contribution in [0.1, 0.15) is 0 Å². The third kappa shape index (κ3) is 2.50. The topological polar surface area (TPSA) is 47.6 Å². The molecule has 0 fully saturated rings. The van der Waals surface area contributed by atoms with E-state index in [0.717, 1.165) is 0 Å². The van der Waals surface area contributed by atoms with Crippen LogP contribution in [0.2, 0.25) is 0 Å². The summed E-state index contributed by atoms with van der Waals surface area (Å²) in [5.41, 5.74) is 3.12. The Morgan fingerprint density at radius 2 is 2.38 bits per heavy atom. The summed E-state index contributed by atoms with van der Waals surface area (Å²) in [6, 6.07) is 0. The summed E-state index contributed by atoms with van der Waals surface area (Å²) < 4.78 is 4.98. The molecule has 5 heteroatoms. The molecule has 0 atom stereocenters. The van der Waals surface area contributed by atoms with Gasteiger partial charge in [0, 0.05) is 5.75 Å². The number of ether oxygens (including phenoxy) is 1. The molecule has 0 aromatic carbocycles. The van der Waals surface area contributed by atoms with Gasteiger partial charge in [0.25, 0.3) is 0 Å². The number of ketones is 1. The first-order chi connectivity index (χ1) is 6.29. The Hall–Kier alpha value is -0.940. The number of hydrogen-bond donors (Lipinski definition) is 1. The van der Waals surface area contributed by atoms with Gasteiger partial charge in [-0.1, -0.05) is 0 Å². The predicted molar refractivity (Wildman–Crippen MR) is 50.8 cm³/mol. The first-order valence-corrected chi connectivity index (χ1v) is 4.73. The number of allylic oxidation sites excluding steroid dienone is 1. The van der Waals surface area contributed by atoms with Gasteiger partial charge in [0.2, 0.25) is 5.88 Å². The summed E-state index contributed by atoms with van der Waals surface area (Å²) >= 11 is 1.54. The molecule has 0 saturated carbocycles. The molecule has 1 N–H and O–H groups in total. The van der Waals surface area contributed by atoms with Gasteiger partial charge in [-0.2, -0.15) is 0 Å². The summed E-state index contributed by atoms with van der Waals surface area (Å²) in [6.45, 7) is 0. The molecule has 72 valence electrons. The minimum atomic E-state index is -0.0415. The molecule has 0 aliphatic carbocycles. The van der Waals surface area contributed by atoms with Gasteiger partial charge in [0.15, 0.2) is 5.78 Å². The Balaban J connectivity index is 2.85. The molecule has 4 nitrogen and oxygen atoms in total. The van der Waals surface area contributed by atoms with Crippen molar-refractivity contribution in [2.75, 3.05) is 20.0 Å². The van der Waals surface area contributed by atoms with Crippen LogP contribution in [0.15, 0.2) is 22.9 Å². The summed E-state index contributed by atoms with van der Waals surface area (Å²) in [7, 11) is 2.96. The SMILES string of the molecule is CONC(OC)=C1CSC=CC1=O. The fourth-order valence-corrected chi connectivity index (χ4v) is 1.67. The lowest BCUT2D eigenvalue weighted by Crippen LogP contribution is -2.20. The Bertz CT molecular complexity index is 260. The number of carbonyl (C=O) groups excluding carboxylic acids is 1. The first-order valence-electron chi connectivity index (χ1n) is 3.68. The molecule has 1 heterocycles. The van der Waals surface area contributed by atoms with Gasteiger partial charge >= 0.3 is 0 Å². The van der Waals surface area contributed by atoms with Crippen molar-refractivity contribution in [3.05, 3.63) is 22.9 Å². The molecule has 0 spiro atoms. The number of methoxy groups -OCH3 is 1. The molecule has 0 radical (unpaired) electrons. The lowest BCUT2D eigenvalue weighted by molar-refractivity contribution is -0.111. The van der Waals surface area contributed by atoms with Crippen molar-refractivity contribution < 1.29 is 14.4 Å². The molecule has 0 saturated heterocycles. The van der Waals surface area contributed by atoms with Crippen molar-refractivity contribution in [3.8, 4) is 0 Å². The number of thioether (sulfide) groups is 1. The van der Waals surface area contributed by atoms with Gasteiger partial charge in [0.1, 0.15) is 0 Å². The molecule has 0 bridgehead atoms. The molecule has 1 rings (SSSR count). The van der Waals surface area contributed by atoms with Crippen molar-refractivity contribution >= 4 is 17.5 Å². The molecule has 0 aromatic heterocycles. The van der Waals surface area contributed by atoms with E-state index in [1.165, 1.54) is 20.3 Å². The number of hydroxylamine groups is 1. The maximum Gasteiger partial charge on any atom is 0.218 e. The van der Waals surface area contributed by atoms with Crippen LogP contribution in [-0.4, -0.2) is 25.8 Å². The highest BCUT2D eigenvalue weighted by atomic mass is 32.2. The number of hydrogen-bond acceptors (Lipinski definition) is 5. The summed E-state index contributed by atoms with van der Waals surface area (Å²) in [5.74, 6) is 0.944. The fourth-order valence-electron chi connectivity index (χ4n) is 0.910. The van der Waals surface area contributed by atoms with E-state index in [1.807, 2.05) is 0 Å². The quantitative estimate of drug-likeness (QED) is 0.416. The molecule has 0 aromatic rings. The average molecular weight is 201 g/mol. The third-order valence-corrected chi connectivity index (χ3v) is 2.30. The number of rotatable bonds is 3. The largest absolute Gasteiger partial charge is 0.481 e. The maximum absolute atomic E-state index is 11.3. The van der Waals surface area contributed by atoms with Crippen LogP contribution in [0.4, 0.5) is 0 Å². The van der Waals surface area contributed by atoms with Crippen LogP contribution in [-0.2, 0) is 14.4 Å². The molecular formula is C8H11NO3S. The maximum atomic E-state index is 11.3. The summed E-state index contributed by atoms with van der Waals surface area (Å²) in [5, 5.41) is 1.77. The highest BCUT2D eigenvalue weighted by Crippen LogP contribution is 2.19. The standard InChI is InChI=1S/C8H11NO3S/c1-11-8(9-12-2)6-5-13-4-3-7(6)10/h3-4,9H,5H2,1-2H3. The van der Waals surface area contributed by atoms with E-state index in [2.05, 4.69) is 10.3 Å². The molecule has 1 aliphatic heterocycles. The van der Waals surface area contributed by atoms with Crippen LogP contribution >= 0.6 is 11.8 Å². The van der Waals surface area contributed by atoms with Crippen LogP contribution in [0.5, 0.6) is 0 Å². The Labute approximate surface area is 80.9 Å². The zero-order chi connectivity index (χ0) is 9.68. The lowest BCUT2D eigenvalue weighted by atomic mass is 10.2. The van der Waals surface area contributed by atoms with Crippen LogP contribution < -0.4 is 5.48 Å². The van der Waals surface area contributed by atoms with E-state index in [1.54, 1.807) is 17.2 Å².